The zero-order chi connectivity index (χ0) is 16.7. The Labute approximate surface area is 138 Å². The maximum Gasteiger partial charge on any atom is 0.219 e. The number of nitrogens with zero attached hydrogens (tertiary/aromatic N) is 5. The fourth-order valence-corrected chi connectivity index (χ4v) is 2.67. The minimum absolute atomic E-state index is 0.154. The quantitative estimate of drug-likeness (QED) is 0.493. The molecule has 1 saturated heterocycles. The highest BCUT2D eigenvalue weighted by molar-refractivity contribution is 5.80. The molecule has 0 atom stereocenters. The molecule has 23 heavy (non-hydrogen) atoms. The number of carbonyl (C=O) groups is 1. The Balaban J connectivity index is 1.81. The number of rotatable bonds is 5. The molecule has 128 valence electrons. The van der Waals surface area contributed by atoms with Crippen LogP contribution in [-0.4, -0.2) is 70.7 Å². The third-order valence-electron chi connectivity index (χ3n) is 3.93. The van der Waals surface area contributed by atoms with E-state index >= 15 is 0 Å². The number of guanidine groups is 1. The van der Waals surface area contributed by atoms with Gasteiger partial charge in [0.1, 0.15) is 0 Å². The number of hydrogen-bond acceptors (Lipinski definition) is 3. The van der Waals surface area contributed by atoms with Crippen LogP contribution in [0.2, 0.25) is 0 Å². The van der Waals surface area contributed by atoms with E-state index in [0.717, 1.165) is 58.2 Å². The summed E-state index contributed by atoms with van der Waals surface area (Å²) in [6, 6.07) is 0. The molecule has 1 N–H and O–H groups in total. The first kappa shape index (κ1) is 17.3. The molecular formula is C16H28N6O. The summed E-state index contributed by atoms with van der Waals surface area (Å²) in [5.74, 6) is 1.11. The number of nitrogens with one attached hydrogen (secondary N) is 1. The summed E-state index contributed by atoms with van der Waals surface area (Å²) < 4.78 is 1.96. The van der Waals surface area contributed by atoms with Crippen LogP contribution in [0.4, 0.5) is 0 Å². The summed E-state index contributed by atoms with van der Waals surface area (Å²) in [6.45, 7) is 11.5. The third-order valence-corrected chi connectivity index (χ3v) is 3.93. The van der Waals surface area contributed by atoms with Crippen molar-refractivity contribution in [2.75, 3.05) is 39.3 Å². The van der Waals surface area contributed by atoms with E-state index in [-0.39, 0.29) is 5.91 Å². The predicted octanol–water partition coefficient (Wildman–Crippen LogP) is 0.711. The molecule has 1 aromatic rings. The van der Waals surface area contributed by atoms with Gasteiger partial charge in [0.25, 0.3) is 0 Å². The lowest BCUT2D eigenvalue weighted by molar-refractivity contribution is -0.130. The lowest BCUT2D eigenvalue weighted by Crippen LogP contribution is -2.53. The van der Waals surface area contributed by atoms with Crippen molar-refractivity contribution in [3.8, 4) is 0 Å². The van der Waals surface area contributed by atoms with E-state index in [2.05, 4.69) is 28.4 Å². The van der Waals surface area contributed by atoms with Crippen molar-refractivity contribution in [2.24, 2.45) is 4.99 Å². The Bertz CT molecular complexity index is 530. The van der Waals surface area contributed by atoms with Gasteiger partial charge in [0, 0.05) is 58.9 Å². The van der Waals surface area contributed by atoms with E-state index in [9.17, 15) is 4.79 Å². The van der Waals surface area contributed by atoms with Gasteiger partial charge in [-0.1, -0.05) is 0 Å². The molecule has 2 rings (SSSR count). The van der Waals surface area contributed by atoms with Gasteiger partial charge in [0.15, 0.2) is 5.96 Å². The van der Waals surface area contributed by atoms with Gasteiger partial charge in [-0.25, -0.2) is 0 Å². The molecule has 7 nitrogen and oxygen atoms in total. The van der Waals surface area contributed by atoms with Gasteiger partial charge in [-0.05, 0) is 25.8 Å². The zero-order valence-electron chi connectivity index (χ0n) is 14.5. The Hall–Kier alpha value is -2.05. The van der Waals surface area contributed by atoms with E-state index in [1.807, 2.05) is 22.7 Å². The van der Waals surface area contributed by atoms with Gasteiger partial charge in [-0.15, -0.1) is 0 Å². The Morgan fingerprint density at radius 2 is 2.00 bits per heavy atom. The lowest BCUT2D eigenvalue weighted by atomic mass is 10.3. The van der Waals surface area contributed by atoms with Crippen molar-refractivity contribution in [2.45, 2.75) is 33.7 Å². The van der Waals surface area contributed by atoms with Gasteiger partial charge in [0.05, 0.1) is 6.20 Å². The molecule has 7 heteroatoms. The highest BCUT2D eigenvalue weighted by atomic mass is 16.2. The summed E-state index contributed by atoms with van der Waals surface area (Å²) in [5, 5.41) is 7.64. The molecule has 0 radical (unpaired) electrons. The highest BCUT2D eigenvalue weighted by Crippen LogP contribution is 2.03. The van der Waals surface area contributed by atoms with Crippen LogP contribution in [0.5, 0.6) is 0 Å². The maximum atomic E-state index is 11.4. The summed E-state index contributed by atoms with van der Waals surface area (Å²) in [5.41, 5.74) is 1.19. The normalized spacial score (nSPS) is 15.9. The fourth-order valence-electron chi connectivity index (χ4n) is 2.67. The van der Waals surface area contributed by atoms with Gasteiger partial charge in [-0.2, -0.15) is 5.10 Å². The minimum atomic E-state index is 0.154. The largest absolute Gasteiger partial charge is 0.357 e. The average molecular weight is 320 g/mol. The Morgan fingerprint density at radius 1 is 1.30 bits per heavy atom. The highest BCUT2D eigenvalue weighted by Gasteiger charge is 2.20. The number of aliphatic imine (C=N–C) groups is 1. The number of hydrogen-bond donors (Lipinski definition) is 1. The molecular weight excluding hydrogens is 292 g/mol. The van der Waals surface area contributed by atoms with Crippen LogP contribution in [0.25, 0.3) is 0 Å². The second kappa shape index (κ2) is 8.55. The number of carbonyl (C=O) groups excluding carboxylic acids is 1. The molecule has 1 amide bonds. The minimum Gasteiger partial charge on any atom is -0.357 e. The third kappa shape index (κ3) is 5.26. The van der Waals surface area contributed by atoms with E-state index in [4.69, 9.17) is 4.99 Å². The number of aromatic nitrogens is 2. The smallest absolute Gasteiger partial charge is 0.219 e. The van der Waals surface area contributed by atoms with Crippen LogP contribution >= 0.6 is 0 Å². The molecule has 0 saturated carbocycles. The standard InChI is InChI=1S/C16H28N6O/c1-4-17-16(21-10-8-20(9-11-21)15(3)23)18-6-5-7-22-13-14(2)12-19-22/h12-13H,4-11H2,1-3H3,(H,17,18). The second-order valence-electron chi connectivity index (χ2n) is 5.86. The van der Waals surface area contributed by atoms with Crippen LogP contribution in [-0.2, 0) is 11.3 Å². The predicted molar refractivity (Wildman–Crippen MR) is 91.4 cm³/mol. The molecule has 0 unspecified atom stereocenters. The van der Waals surface area contributed by atoms with E-state index in [1.165, 1.54) is 5.56 Å². The first-order valence-corrected chi connectivity index (χ1v) is 8.38. The molecule has 0 aliphatic carbocycles. The molecule has 1 fully saturated rings. The van der Waals surface area contributed by atoms with Crippen LogP contribution in [0.15, 0.2) is 17.4 Å². The van der Waals surface area contributed by atoms with Crippen molar-refractivity contribution in [3.63, 3.8) is 0 Å². The zero-order valence-corrected chi connectivity index (χ0v) is 14.5. The monoisotopic (exact) mass is 320 g/mol. The number of aryl methyl sites for hydroxylation is 2. The number of amides is 1. The molecule has 1 aliphatic heterocycles. The van der Waals surface area contributed by atoms with Crippen LogP contribution in [0, 0.1) is 6.92 Å². The van der Waals surface area contributed by atoms with Gasteiger partial charge in [-0.3, -0.25) is 14.5 Å². The Morgan fingerprint density at radius 3 is 2.57 bits per heavy atom. The molecule has 1 aromatic heterocycles. The van der Waals surface area contributed by atoms with Crippen molar-refractivity contribution in [3.05, 3.63) is 18.0 Å². The molecule has 0 bridgehead atoms. The van der Waals surface area contributed by atoms with Crippen LogP contribution in [0.1, 0.15) is 25.8 Å². The van der Waals surface area contributed by atoms with E-state index in [1.54, 1.807) is 6.92 Å². The van der Waals surface area contributed by atoms with Crippen LogP contribution < -0.4 is 5.32 Å². The van der Waals surface area contributed by atoms with Crippen molar-refractivity contribution in [1.82, 2.24) is 24.9 Å². The molecule has 2 heterocycles. The first-order valence-electron chi connectivity index (χ1n) is 8.38. The van der Waals surface area contributed by atoms with Gasteiger partial charge < -0.3 is 15.1 Å². The average Bonchev–Trinajstić information content (AvgIpc) is 2.96. The number of piperazine rings is 1. The summed E-state index contributed by atoms with van der Waals surface area (Å²) in [4.78, 5) is 20.2. The van der Waals surface area contributed by atoms with Crippen LogP contribution in [0.3, 0.4) is 0 Å². The topological polar surface area (TPSA) is 65.8 Å². The van der Waals surface area contributed by atoms with E-state index in [0.29, 0.717) is 0 Å². The molecule has 0 aromatic carbocycles. The van der Waals surface area contributed by atoms with Crippen molar-refractivity contribution >= 4 is 11.9 Å². The second-order valence-corrected chi connectivity index (χ2v) is 5.86. The lowest BCUT2D eigenvalue weighted by Gasteiger charge is -2.36. The van der Waals surface area contributed by atoms with E-state index < -0.39 is 0 Å². The van der Waals surface area contributed by atoms with Crippen molar-refractivity contribution < 1.29 is 4.79 Å². The first-order chi connectivity index (χ1) is 11.1. The maximum absolute atomic E-state index is 11.4. The SMILES string of the molecule is CCNC(=NCCCn1cc(C)cn1)N1CCN(C(C)=O)CC1. The van der Waals surface area contributed by atoms with Gasteiger partial charge >= 0.3 is 0 Å². The van der Waals surface area contributed by atoms with Gasteiger partial charge in [0.2, 0.25) is 5.91 Å². The summed E-state index contributed by atoms with van der Waals surface area (Å²) in [6.07, 6.45) is 4.89. The molecule has 1 aliphatic rings. The molecule has 0 spiro atoms. The fraction of sp³-hybridized carbons (Fsp3) is 0.688. The summed E-state index contributed by atoms with van der Waals surface area (Å²) in [7, 11) is 0. The Kier molecular flexibility index (Phi) is 6.43. The summed E-state index contributed by atoms with van der Waals surface area (Å²) >= 11 is 0. The van der Waals surface area contributed by atoms with Crippen molar-refractivity contribution in [1.29, 1.82) is 0 Å².